The first-order valence-corrected chi connectivity index (χ1v) is 11.5. The van der Waals surface area contributed by atoms with E-state index in [1.165, 1.54) is 4.90 Å². The number of nitrogens with one attached hydrogen (secondary N) is 2. The van der Waals surface area contributed by atoms with E-state index in [1.54, 1.807) is 11.7 Å². The van der Waals surface area contributed by atoms with Gasteiger partial charge in [0.2, 0.25) is 0 Å². The molecule has 0 amide bonds. The van der Waals surface area contributed by atoms with E-state index >= 15 is 0 Å². The number of thioether (sulfide) groups is 1. The maximum Gasteiger partial charge on any atom is 0.191 e. The van der Waals surface area contributed by atoms with Crippen LogP contribution in [0.4, 0.5) is 5.82 Å². The normalized spacial score (nSPS) is 12.2. The first-order chi connectivity index (χ1) is 15.6. The Labute approximate surface area is 193 Å². The van der Waals surface area contributed by atoms with Crippen molar-refractivity contribution >= 4 is 23.5 Å². The molecule has 1 atom stereocenters. The largest absolute Gasteiger partial charge is 0.382 e. The number of benzene rings is 2. The summed E-state index contributed by atoms with van der Waals surface area (Å²) in [6, 6.07) is 22.2. The van der Waals surface area contributed by atoms with Crippen molar-refractivity contribution in [3.63, 3.8) is 0 Å². The second-order valence-electron chi connectivity index (χ2n) is 7.29. The molecule has 0 spiro atoms. The van der Waals surface area contributed by atoms with Crippen molar-refractivity contribution in [1.29, 1.82) is 5.26 Å². The van der Waals surface area contributed by atoms with E-state index in [0.717, 1.165) is 24.6 Å². The van der Waals surface area contributed by atoms with Gasteiger partial charge >= 0.3 is 0 Å². The van der Waals surface area contributed by atoms with Gasteiger partial charge in [-0.05, 0) is 37.1 Å². The van der Waals surface area contributed by atoms with Crippen LogP contribution in [0.3, 0.4) is 0 Å². The minimum absolute atomic E-state index is 0.379. The molecule has 1 unspecified atom stereocenters. The molecule has 0 fully saturated rings. The summed E-state index contributed by atoms with van der Waals surface area (Å²) >= 11 is 1.83. The first-order valence-electron chi connectivity index (χ1n) is 10.6. The number of nitrogen functional groups attached to an aromatic ring is 1. The molecule has 1 heterocycles. The number of anilines is 1. The van der Waals surface area contributed by atoms with Crippen molar-refractivity contribution in [2.75, 3.05) is 25.9 Å². The van der Waals surface area contributed by atoms with Crippen LogP contribution in [-0.4, -0.2) is 41.1 Å². The van der Waals surface area contributed by atoms with E-state index in [0.29, 0.717) is 35.3 Å². The monoisotopic (exact) mass is 447 g/mol. The van der Waals surface area contributed by atoms with Gasteiger partial charge in [-0.1, -0.05) is 43.3 Å². The van der Waals surface area contributed by atoms with E-state index < -0.39 is 0 Å². The maximum absolute atomic E-state index is 9.54. The van der Waals surface area contributed by atoms with Crippen LogP contribution in [0.5, 0.6) is 0 Å². The average Bonchev–Trinajstić information content (AvgIpc) is 3.14. The van der Waals surface area contributed by atoms with Crippen LogP contribution in [0, 0.1) is 11.3 Å². The van der Waals surface area contributed by atoms with Crippen LogP contribution in [0.1, 0.15) is 24.6 Å². The van der Waals surface area contributed by atoms with Crippen molar-refractivity contribution in [2.45, 2.75) is 29.9 Å². The van der Waals surface area contributed by atoms with Gasteiger partial charge in [0.1, 0.15) is 17.5 Å². The Morgan fingerprint density at radius 1 is 1.16 bits per heavy atom. The number of aryl methyl sites for hydroxylation is 1. The zero-order valence-corrected chi connectivity index (χ0v) is 19.3. The standard InChI is InChI=1S/C24H29N7S/c1-18(32-20-12-7-4-8-13-20)17-29-24(27-2)28-15-9-14-22-21(16-25)23(26)31(30-22)19-10-5-3-6-11-19/h3-8,10-13,18H,9,14-15,17,26H2,1-2H3,(H2,27,28,29). The number of nitriles is 1. The van der Waals surface area contributed by atoms with Crippen LogP contribution in [0.15, 0.2) is 70.6 Å². The molecule has 166 valence electrons. The topological polar surface area (TPSA) is 104 Å². The molecule has 7 nitrogen and oxygen atoms in total. The fraction of sp³-hybridized carbons (Fsp3) is 0.292. The molecule has 3 rings (SSSR count). The minimum atomic E-state index is 0.379. The van der Waals surface area contributed by atoms with Crippen molar-refractivity contribution in [3.8, 4) is 11.8 Å². The third-order valence-corrected chi connectivity index (χ3v) is 5.96. The number of nitrogens with zero attached hydrogens (tertiary/aromatic N) is 4. The average molecular weight is 448 g/mol. The number of para-hydroxylation sites is 1. The molecule has 1 aromatic heterocycles. The highest BCUT2D eigenvalue weighted by atomic mass is 32.2. The van der Waals surface area contributed by atoms with Gasteiger partial charge in [-0.3, -0.25) is 4.99 Å². The zero-order valence-electron chi connectivity index (χ0n) is 18.5. The third-order valence-electron chi connectivity index (χ3n) is 4.85. The number of hydrogen-bond donors (Lipinski definition) is 3. The number of hydrogen-bond acceptors (Lipinski definition) is 5. The second-order valence-corrected chi connectivity index (χ2v) is 8.80. The van der Waals surface area contributed by atoms with Gasteiger partial charge < -0.3 is 16.4 Å². The highest BCUT2D eigenvalue weighted by Crippen LogP contribution is 2.22. The third kappa shape index (κ3) is 6.28. The van der Waals surface area contributed by atoms with Crippen LogP contribution in [-0.2, 0) is 6.42 Å². The molecule has 0 aliphatic rings. The minimum Gasteiger partial charge on any atom is -0.382 e. The summed E-state index contributed by atoms with van der Waals surface area (Å²) in [6.07, 6.45) is 1.45. The molecule has 0 aliphatic carbocycles. The molecular weight excluding hydrogens is 418 g/mol. The molecule has 2 aromatic carbocycles. The molecule has 3 aromatic rings. The summed E-state index contributed by atoms with van der Waals surface area (Å²) in [7, 11) is 1.76. The van der Waals surface area contributed by atoms with Gasteiger partial charge in [0.25, 0.3) is 0 Å². The van der Waals surface area contributed by atoms with E-state index in [-0.39, 0.29) is 0 Å². The van der Waals surface area contributed by atoms with Crippen molar-refractivity contribution < 1.29 is 0 Å². The van der Waals surface area contributed by atoms with Crippen LogP contribution in [0.25, 0.3) is 5.69 Å². The Morgan fingerprint density at radius 3 is 2.50 bits per heavy atom. The predicted molar refractivity (Wildman–Crippen MR) is 132 cm³/mol. The molecule has 0 bridgehead atoms. The lowest BCUT2D eigenvalue weighted by Gasteiger charge is -2.15. The van der Waals surface area contributed by atoms with Crippen molar-refractivity contribution in [3.05, 3.63) is 71.9 Å². The Hall–Kier alpha value is -3.44. The number of aromatic nitrogens is 2. The van der Waals surface area contributed by atoms with E-state index in [1.807, 2.05) is 48.2 Å². The highest BCUT2D eigenvalue weighted by Gasteiger charge is 2.16. The zero-order chi connectivity index (χ0) is 22.8. The molecule has 32 heavy (non-hydrogen) atoms. The number of rotatable bonds is 9. The molecular formula is C24H29N7S. The number of guanidine groups is 1. The first kappa shape index (κ1) is 23.2. The SMILES string of the molecule is CN=C(NCCCc1nn(-c2ccccc2)c(N)c1C#N)NCC(C)Sc1ccccc1. The van der Waals surface area contributed by atoms with Crippen molar-refractivity contribution in [1.82, 2.24) is 20.4 Å². The Morgan fingerprint density at radius 2 is 1.84 bits per heavy atom. The second kappa shape index (κ2) is 11.8. The van der Waals surface area contributed by atoms with Gasteiger partial charge in [-0.25, -0.2) is 4.68 Å². The summed E-state index contributed by atoms with van der Waals surface area (Å²) < 4.78 is 1.63. The van der Waals surface area contributed by atoms with Gasteiger partial charge in [0.15, 0.2) is 5.96 Å². The lowest BCUT2D eigenvalue weighted by atomic mass is 10.1. The molecule has 0 aliphatic heterocycles. The van der Waals surface area contributed by atoms with Crippen LogP contribution < -0.4 is 16.4 Å². The maximum atomic E-state index is 9.54. The molecule has 0 radical (unpaired) electrons. The van der Waals surface area contributed by atoms with Gasteiger partial charge in [-0.2, -0.15) is 10.4 Å². The predicted octanol–water partition coefficient (Wildman–Crippen LogP) is 3.60. The Kier molecular flexibility index (Phi) is 8.58. The Balaban J connectivity index is 1.47. The number of aliphatic imine (C=N–C) groups is 1. The summed E-state index contributed by atoms with van der Waals surface area (Å²) in [5, 5.41) is 21.2. The van der Waals surface area contributed by atoms with E-state index in [9.17, 15) is 5.26 Å². The summed E-state index contributed by atoms with van der Waals surface area (Å²) in [5.74, 6) is 1.14. The summed E-state index contributed by atoms with van der Waals surface area (Å²) in [4.78, 5) is 5.55. The fourth-order valence-corrected chi connectivity index (χ4v) is 4.18. The smallest absolute Gasteiger partial charge is 0.191 e. The van der Waals surface area contributed by atoms with E-state index in [2.05, 4.69) is 58.0 Å². The lowest BCUT2D eigenvalue weighted by Crippen LogP contribution is -2.40. The lowest BCUT2D eigenvalue weighted by molar-refractivity contribution is 0.719. The van der Waals surface area contributed by atoms with E-state index in [4.69, 9.17) is 5.73 Å². The molecule has 0 saturated heterocycles. The van der Waals surface area contributed by atoms with Crippen LogP contribution >= 0.6 is 11.8 Å². The fourth-order valence-electron chi connectivity index (χ4n) is 3.24. The number of nitrogens with two attached hydrogens (primary N) is 1. The summed E-state index contributed by atoms with van der Waals surface area (Å²) in [5.41, 5.74) is 8.18. The van der Waals surface area contributed by atoms with Gasteiger partial charge in [-0.15, -0.1) is 11.8 Å². The molecule has 8 heteroatoms. The quantitative estimate of drug-likeness (QED) is 0.200. The Bertz CT molecular complexity index is 1060. The highest BCUT2D eigenvalue weighted by molar-refractivity contribution is 8.00. The van der Waals surface area contributed by atoms with Gasteiger partial charge in [0, 0.05) is 30.3 Å². The van der Waals surface area contributed by atoms with Crippen molar-refractivity contribution in [2.24, 2.45) is 4.99 Å². The van der Waals surface area contributed by atoms with Crippen LogP contribution in [0.2, 0.25) is 0 Å². The molecule has 4 N–H and O–H groups in total. The molecule has 0 saturated carbocycles. The summed E-state index contributed by atoms with van der Waals surface area (Å²) in [6.45, 7) is 3.70. The van der Waals surface area contributed by atoms with Gasteiger partial charge in [0.05, 0.1) is 11.4 Å².